The first kappa shape index (κ1) is 21.7. The third-order valence-electron chi connectivity index (χ3n) is 4.23. The third-order valence-corrected chi connectivity index (χ3v) is 7.21. The van der Waals surface area contributed by atoms with Gasteiger partial charge in [0.05, 0.1) is 23.5 Å². The third kappa shape index (κ3) is 5.74. The number of hydrogen-bond acceptors (Lipinski definition) is 9. The summed E-state index contributed by atoms with van der Waals surface area (Å²) in [4.78, 5) is 25.4. The molecule has 2 heterocycles. The molecule has 1 aliphatic heterocycles. The van der Waals surface area contributed by atoms with Gasteiger partial charge in [0.2, 0.25) is 11.0 Å². The van der Waals surface area contributed by atoms with Crippen LogP contribution in [0.1, 0.15) is 18.1 Å². The lowest BCUT2D eigenvalue weighted by atomic mass is 10.1. The van der Waals surface area contributed by atoms with E-state index < -0.39 is 5.97 Å². The van der Waals surface area contributed by atoms with Crippen LogP contribution >= 0.6 is 34.9 Å². The summed E-state index contributed by atoms with van der Waals surface area (Å²) in [5.74, 6) is 0.581. The Bertz CT molecular complexity index is 929. The summed E-state index contributed by atoms with van der Waals surface area (Å²) in [6.07, 6.45) is 1.39. The smallest absolute Gasteiger partial charge is 0.333 e. The molecule has 1 aromatic carbocycles. The Kier molecular flexibility index (Phi) is 7.57. The number of anilines is 2. The Morgan fingerprint density at radius 1 is 1.38 bits per heavy atom. The quantitative estimate of drug-likeness (QED) is 0.367. The van der Waals surface area contributed by atoms with Crippen molar-refractivity contribution in [2.45, 2.75) is 25.1 Å². The molecule has 1 saturated heterocycles. The molecule has 10 heteroatoms. The molecule has 0 saturated carbocycles. The molecule has 154 valence electrons. The molecule has 0 unspecified atom stereocenters. The molecular weight excluding hydrogens is 428 g/mol. The SMILES string of the molecule is CCOC(=O)/C=C1/SCC(=O)N1CCSc1nnc(Nc2cccc(C)c2C)s1. The van der Waals surface area contributed by atoms with Crippen molar-refractivity contribution in [2.24, 2.45) is 0 Å². The summed E-state index contributed by atoms with van der Waals surface area (Å²) in [5.41, 5.74) is 3.42. The van der Waals surface area contributed by atoms with Gasteiger partial charge in [0.25, 0.3) is 0 Å². The van der Waals surface area contributed by atoms with Crippen molar-refractivity contribution >= 4 is 57.6 Å². The zero-order chi connectivity index (χ0) is 20.8. The first-order chi connectivity index (χ1) is 14.0. The molecule has 1 amide bonds. The highest BCUT2D eigenvalue weighted by atomic mass is 32.2. The number of aryl methyl sites for hydroxylation is 1. The van der Waals surface area contributed by atoms with E-state index in [2.05, 4.69) is 35.4 Å². The predicted molar refractivity (Wildman–Crippen MR) is 119 cm³/mol. The Morgan fingerprint density at radius 2 is 2.21 bits per heavy atom. The van der Waals surface area contributed by atoms with Crippen LogP contribution in [0.2, 0.25) is 0 Å². The molecule has 0 atom stereocenters. The number of aromatic nitrogens is 2. The van der Waals surface area contributed by atoms with Gasteiger partial charge < -0.3 is 15.0 Å². The lowest BCUT2D eigenvalue weighted by molar-refractivity contribution is -0.137. The van der Waals surface area contributed by atoms with Crippen molar-refractivity contribution < 1.29 is 14.3 Å². The second-order valence-corrected chi connectivity index (χ2v) is 9.48. The van der Waals surface area contributed by atoms with Gasteiger partial charge in [0.15, 0.2) is 4.34 Å². The second-order valence-electron chi connectivity index (χ2n) is 6.16. The maximum atomic E-state index is 12.1. The highest BCUT2D eigenvalue weighted by Gasteiger charge is 2.27. The number of rotatable bonds is 8. The van der Waals surface area contributed by atoms with Gasteiger partial charge in [-0.3, -0.25) is 4.79 Å². The summed E-state index contributed by atoms with van der Waals surface area (Å²) in [6.45, 7) is 6.71. The summed E-state index contributed by atoms with van der Waals surface area (Å²) < 4.78 is 5.76. The minimum absolute atomic E-state index is 0.000639. The van der Waals surface area contributed by atoms with Crippen LogP contribution in [0.5, 0.6) is 0 Å². The largest absolute Gasteiger partial charge is 0.463 e. The van der Waals surface area contributed by atoms with Crippen LogP contribution in [0.25, 0.3) is 0 Å². The summed E-state index contributed by atoms with van der Waals surface area (Å²) in [5, 5.41) is 13.1. The second kappa shape index (κ2) is 10.1. The average Bonchev–Trinajstić information content (AvgIpc) is 3.27. The topological polar surface area (TPSA) is 84.4 Å². The molecule has 2 aromatic rings. The first-order valence-corrected chi connectivity index (χ1v) is 11.9. The van der Waals surface area contributed by atoms with Gasteiger partial charge in [-0.2, -0.15) is 0 Å². The van der Waals surface area contributed by atoms with Crippen LogP contribution in [0.3, 0.4) is 0 Å². The van der Waals surface area contributed by atoms with Gasteiger partial charge in [-0.1, -0.05) is 47.0 Å². The van der Waals surface area contributed by atoms with Crippen molar-refractivity contribution in [3.63, 3.8) is 0 Å². The molecule has 0 bridgehead atoms. The fourth-order valence-electron chi connectivity index (χ4n) is 2.60. The van der Waals surface area contributed by atoms with Gasteiger partial charge >= 0.3 is 5.97 Å². The zero-order valence-corrected chi connectivity index (χ0v) is 18.9. The number of amides is 1. The first-order valence-electron chi connectivity index (χ1n) is 9.09. The molecule has 1 N–H and O–H groups in total. The molecular formula is C19H22N4O3S3. The fourth-order valence-corrected chi connectivity index (χ4v) is 5.31. The number of nitrogens with zero attached hydrogens (tertiary/aromatic N) is 3. The summed E-state index contributed by atoms with van der Waals surface area (Å²) in [7, 11) is 0. The minimum atomic E-state index is -0.423. The Morgan fingerprint density at radius 3 is 3.00 bits per heavy atom. The lowest BCUT2D eigenvalue weighted by Gasteiger charge is -2.16. The number of benzene rings is 1. The average molecular weight is 451 g/mol. The van der Waals surface area contributed by atoms with Gasteiger partial charge in [0, 0.05) is 18.0 Å². The standard InChI is InChI=1S/C19H22N4O3S3/c1-4-26-17(25)10-16-23(15(24)11-28-16)8-9-27-19-22-21-18(29-19)20-14-7-5-6-12(2)13(14)3/h5-7,10H,4,8-9,11H2,1-3H3,(H,20,21)/b16-10+. The van der Waals surface area contributed by atoms with Crippen molar-refractivity contribution in [1.82, 2.24) is 15.1 Å². The van der Waals surface area contributed by atoms with Crippen molar-refractivity contribution in [2.75, 3.05) is 30.0 Å². The Balaban J connectivity index is 1.55. The van der Waals surface area contributed by atoms with Crippen LogP contribution in [-0.4, -0.2) is 51.6 Å². The van der Waals surface area contributed by atoms with Crippen LogP contribution in [0.4, 0.5) is 10.8 Å². The van der Waals surface area contributed by atoms with E-state index in [1.54, 1.807) is 11.8 Å². The zero-order valence-electron chi connectivity index (χ0n) is 16.4. The number of thioether (sulfide) groups is 2. The lowest BCUT2D eigenvalue weighted by Crippen LogP contribution is -2.27. The van der Waals surface area contributed by atoms with Gasteiger partial charge in [-0.25, -0.2) is 4.79 Å². The van der Waals surface area contributed by atoms with E-state index in [0.29, 0.717) is 29.7 Å². The minimum Gasteiger partial charge on any atom is -0.463 e. The van der Waals surface area contributed by atoms with Crippen molar-refractivity contribution in [3.05, 3.63) is 40.4 Å². The van der Waals surface area contributed by atoms with E-state index in [1.807, 2.05) is 12.1 Å². The van der Waals surface area contributed by atoms with Crippen LogP contribution in [0, 0.1) is 13.8 Å². The fraction of sp³-hybridized carbons (Fsp3) is 0.368. The molecule has 0 aliphatic carbocycles. The number of carbonyl (C=O) groups excluding carboxylic acids is 2. The maximum Gasteiger partial charge on any atom is 0.333 e. The number of carbonyl (C=O) groups is 2. The van der Waals surface area contributed by atoms with E-state index in [9.17, 15) is 9.59 Å². The number of ether oxygens (including phenoxy) is 1. The van der Waals surface area contributed by atoms with Gasteiger partial charge in [-0.05, 0) is 38.0 Å². The molecule has 3 rings (SSSR count). The number of esters is 1. The molecule has 29 heavy (non-hydrogen) atoms. The number of hydrogen-bond donors (Lipinski definition) is 1. The molecule has 1 aliphatic rings. The monoisotopic (exact) mass is 450 g/mol. The summed E-state index contributed by atoms with van der Waals surface area (Å²) in [6, 6.07) is 6.10. The van der Waals surface area contributed by atoms with Gasteiger partial charge in [-0.15, -0.1) is 10.2 Å². The molecule has 0 spiro atoms. The van der Waals surface area contributed by atoms with Crippen LogP contribution < -0.4 is 5.32 Å². The maximum absolute atomic E-state index is 12.1. The van der Waals surface area contributed by atoms with E-state index >= 15 is 0 Å². The van der Waals surface area contributed by atoms with E-state index in [0.717, 1.165) is 15.2 Å². The highest BCUT2D eigenvalue weighted by molar-refractivity contribution is 8.04. The van der Waals surface area contributed by atoms with Crippen LogP contribution in [-0.2, 0) is 14.3 Å². The van der Waals surface area contributed by atoms with E-state index in [4.69, 9.17) is 4.74 Å². The van der Waals surface area contributed by atoms with Gasteiger partial charge in [0.1, 0.15) is 0 Å². The highest BCUT2D eigenvalue weighted by Crippen LogP contribution is 2.32. The van der Waals surface area contributed by atoms with E-state index in [1.165, 1.54) is 52.1 Å². The Hall–Kier alpha value is -2.04. The van der Waals surface area contributed by atoms with Crippen molar-refractivity contribution in [1.29, 1.82) is 0 Å². The van der Waals surface area contributed by atoms with Crippen molar-refractivity contribution in [3.8, 4) is 0 Å². The normalized spacial score (nSPS) is 15.2. The number of nitrogens with one attached hydrogen (secondary N) is 1. The molecule has 0 radical (unpaired) electrons. The summed E-state index contributed by atoms with van der Waals surface area (Å²) >= 11 is 4.37. The predicted octanol–water partition coefficient (Wildman–Crippen LogP) is 3.97. The van der Waals surface area contributed by atoms with Crippen LogP contribution in [0.15, 0.2) is 33.6 Å². The molecule has 7 nitrogen and oxygen atoms in total. The molecule has 1 fully saturated rings. The molecule has 1 aromatic heterocycles. The van der Waals surface area contributed by atoms with E-state index in [-0.39, 0.29) is 5.91 Å². The Labute approximate surface area is 182 Å².